The number of rotatable bonds is 7. The summed E-state index contributed by atoms with van der Waals surface area (Å²) < 4.78 is 15.0. The topological polar surface area (TPSA) is 71.0 Å². The number of nitrogens with one attached hydrogen (secondary N) is 1. The summed E-state index contributed by atoms with van der Waals surface area (Å²) in [5.41, 5.74) is 1.02. The molecule has 0 saturated heterocycles. The maximum Gasteiger partial charge on any atom is 0.230 e. The molecule has 1 amide bonds. The van der Waals surface area contributed by atoms with Crippen LogP contribution >= 0.6 is 34.4 Å². The molecule has 6 nitrogen and oxygen atoms in total. The molecule has 27 heavy (non-hydrogen) atoms. The summed E-state index contributed by atoms with van der Waals surface area (Å²) in [5, 5.41) is 14.8. The Morgan fingerprint density at radius 3 is 2.93 bits per heavy atom. The summed E-state index contributed by atoms with van der Waals surface area (Å²) in [7, 11) is 0. The molecule has 3 aromatic rings. The molecule has 2 heterocycles. The zero-order chi connectivity index (χ0) is 18.8. The van der Waals surface area contributed by atoms with Gasteiger partial charge in [0.15, 0.2) is 9.47 Å². The third-order valence-corrected chi connectivity index (χ3v) is 6.69. The van der Waals surface area contributed by atoms with Crippen molar-refractivity contribution in [2.45, 2.75) is 35.9 Å². The van der Waals surface area contributed by atoms with E-state index < -0.39 is 5.82 Å². The molecule has 10 heteroatoms. The van der Waals surface area contributed by atoms with E-state index in [-0.39, 0.29) is 11.6 Å². The molecule has 0 spiro atoms. The standard InChI is InChI=1S/C17H16FN5OS3/c1-10(24)23(14-5-3-2-4-13(14)18)16-20-12(8-25-16)9-26-17-22-21-15(27-17)19-11-6-7-11/h2-5,8,11H,6-7,9H2,1H3,(H,19,21). The Kier molecular flexibility index (Phi) is 5.37. The van der Waals surface area contributed by atoms with Crippen molar-refractivity contribution in [3.63, 3.8) is 0 Å². The number of halogens is 1. The molecule has 0 bridgehead atoms. The minimum absolute atomic E-state index is 0.207. The largest absolute Gasteiger partial charge is 0.357 e. The van der Waals surface area contributed by atoms with E-state index >= 15 is 0 Å². The highest BCUT2D eigenvalue weighted by Crippen LogP contribution is 2.34. The molecule has 4 rings (SSSR count). The highest BCUT2D eigenvalue weighted by atomic mass is 32.2. The van der Waals surface area contributed by atoms with Crippen LogP contribution in [0.3, 0.4) is 0 Å². The molecular formula is C17H16FN5OS3. The number of anilines is 3. The number of carbonyl (C=O) groups excluding carboxylic acids is 1. The van der Waals surface area contributed by atoms with Gasteiger partial charge in [-0.05, 0) is 25.0 Å². The van der Waals surface area contributed by atoms with Crippen LogP contribution in [0.15, 0.2) is 34.0 Å². The van der Waals surface area contributed by atoms with Crippen LogP contribution in [-0.2, 0) is 10.5 Å². The molecule has 1 aliphatic rings. The molecule has 1 aromatic carbocycles. The molecule has 0 aliphatic heterocycles. The van der Waals surface area contributed by atoms with Crippen molar-refractivity contribution < 1.29 is 9.18 Å². The molecule has 1 saturated carbocycles. The number of thiazole rings is 1. The normalized spacial score (nSPS) is 13.6. The fraction of sp³-hybridized carbons (Fsp3) is 0.294. The van der Waals surface area contributed by atoms with Crippen molar-refractivity contribution in [3.8, 4) is 0 Å². The third-order valence-electron chi connectivity index (χ3n) is 3.79. The first-order valence-corrected chi connectivity index (χ1v) is 11.0. The van der Waals surface area contributed by atoms with E-state index in [0.717, 1.165) is 15.2 Å². The predicted molar refractivity (Wildman–Crippen MR) is 107 cm³/mol. The first kappa shape index (κ1) is 18.3. The van der Waals surface area contributed by atoms with Crippen LogP contribution in [-0.4, -0.2) is 27.1 Å². The third kappa shape index (κ3) is 4.45. The van der Waals surface area contributed by atoms with Gasteiger partial charge in [-0.25, -0.2) is 9.37 Å². The molecule has 0 atom stereocenters. The summed E-state index contributed by atoms with van der Waals surface area (Å²) in [5.74, 6) is -0.130. The van der Waals surface area contributed by atoms with E-state index in [1.807, 2.05) is 5.38 Å². The smallest absolute Gasteiger partial charge is 0.230 e. The lowest BCUT2D eigenvalue weighted by molar-refractivity contribution is -0.115. The molecule has 0 radical (unpaired) electrons. The Morgan fingerprint density at radius 2 is 2.19 bits per heavy atom. The Balaban J connectivity index is 1.44. The van der Waals surface area contributed by atoms with Crippen LogP contribution < -0.4 is 10.2 Å². The number of benzene rings is 1. The zero-order valence-electron chi connectivity index (χ0n) is 14.4. The van der Waals surface area contributed by atoms with Crippen LogP contribution in [0.25, 0.3) is 0 Å². The van der Waals surface area contributed by atoms with Gasteiger partial charge in [0.1, 0.15) is 5.82 Å². The summed E-state index contributed by atoms with van der Waals surface area (Å²) in [4.78, 5) is 17.9. The lowest BCUT2D eigenvalue weighted by atomic mass is 10.3. The predicted octanol–water partition coefficient (Wildman–Crippen LogP) is 4.68. The maximum absolute atomic E-state index is 14.1. The second-order valence-electron chi connectivity index (χ2n) is 6.01. The summed E-state index contributed by atoms with van der Waals surface area (Å²) in [6.45, 7) is 1.40. The second kappa shape index (κ2) is 7.91. The van der Waals surface area contributed by atoms with E-state index in [1.165, 1.54) is 53.4 Å². The van der Waals surface area contributed by atoms with Crippen molar-refractivity contribution in [2.75, 3.05) is 10.2 Å². The van der Waals surface area contributed by atoms with Gasteiger partial charge in [-0.3, -0.25) is 9.69 Å². The van der Waals surface area contributed by atoms with Gasteiger partial charge in [-0.2, -0.15) is 0 Å². The van der Waals surface area contributed by atoms with Crippen molar-refractivity contribution in [1.29, 1.82) is 0 Å². The summed E-state index contributed by atoms with van der Waals surface area (Å²) >= 11 is 4.39. The molecule has 1 aliphatic carbocycles. The minimum Gasteiger partial charge on any atom is -0.357 e. The highest BCUT2D eigenvalue weighted by molar-refractivity contribution is 8.00. The van der Waals surface area contributed by atoms with Crippen molar-refractivity contribution >= 4 is 56.3 Å². The fourth-order valence-corrected chi connectivity index (χ4v) is 5.08. The number of hydrogen-bond acceptors (Lipinski definition) is 8. The van der Waals surface area contributed by atoms with Crippen molar-refractivity contribution in [3.05, 3.63) is 41.2 Å². The van der Waals surface area contributed by atoms with Crippen LogP contribution in [0.1, 0.15) is 25.5 Å². The lowest BCUT2D eigenvalue weighted by Crippen LogP contribution is -2.23. The van der Waals surface area contributed by atoms with Crippen LogP contribution in [0.5, 0.6) is 0 Å². The average molecular weight is 422 g/mol. The quantitative estimate of drug-likeness (QED) is 0.558. The summed E-state index contributed by atoms with van der Waals surface area (Å²) in [6.07, 6.45) is 2.39. The Hall–Kier alpha value is -2.04. The van der Waals surface area contributed by atoms with Crippen LogP contribution in [0.4, 0.5) is 20.3 Å². The molecular weight excluding hydrogens is 405 g/mol. The Bertz CT molecular complexity index is 955. The number of carbonyl (C=O) groups is 1. The maximum atomic E-state index is 14.1. The fourth-order valence-electron chi connectivity index (χ4n) is 2.37. The van der Waals surface area contributed by atoms with E-state index in [0.29, 0.717) is 16.9 Å². The van der Waals surface area contributed by atoms with Gasteiger partial charge < -0.3 is 5.32 Å². The highest BCUT2D eigenvalue weighted by Gasteiger charge is 2.23. The van der Waals surface area contributed by atoms with E-state index in [1.54, 1.807) is 30.0 Å². The molecule has 140 valence electrons. The average Bonchev–Trinajstić information content (AvgIpc) is 3.14. The SMILES string of the molecule is CC(=O)N(c1nc(CSc2nnc(NC3CC3)s2)cs1)c1ccccc1F. The van der Waals surface area contributed by atoms with E-state index in [2.05, 4.69) is 20.5 Å². The van der Waals surface area contributed by atoms with Crippen molar-refractivity contribution in [2.24, 2.45) is 0 Å². The Labute approximate surface area is 167 Å². The first-order valence-electron chi connectivity index (χ1n) is 8.32. The van der Waals surface area contributed by atoms with Gasteiger partial charge in [0.2, 0.25) is 11.0 Å². The van der Waals surface area contributed by atoms with Crippen molar-refractivity contribution in [1.82, 2.24) is 15.2 Å². The van der Waals surface area contributed by atoms with E-state index in [9.17, 15) is 9.18 Å². The van der Waals surface area contributed by atoms with Gasteiger partial charge in [0.25, 0.3) is 0 Å². The number of amides is 1. The Morgan fingerprint density at radius 1 is 1.37 bits per heavy atom. The van der Waals surface area contributed by atoms with E-state index in [4.69, 9.17) is 0 Å². The summed E-state index contributed by atoms with van der Waals surface area (Å²) in [6, 6.07) is 6.74. The first-order chi connectivity index (χ1) is 13.1. The number of hydrogen-bond donors (Lipinski definition) is 1. The van der Waals surface area contributed by atoms with Gasteiger partial charge in [-0.1, -0.05) is 35.2 Å². The van der Waals surface area contributed by atoms with Crippen LogP contribution in [0.2, 0.25) is 0 Å². The van der Waals surface area contributed by atoms with Gasteiger partial charge in [0.05, 0.1) is 11.4 Å². The monoisotopic (exact) mass is 421 g/mol. The molecule has 1 N–H and O–H groups in total. The lowest BCUT2D eigenvalue weighted by Gasteiger charge is -2.18. The molecule has 2 aromatic heterocycles. The number of aromatic nitrogens is 3. The molecule has 0 unspecified atom stereocenters. The number of para-hydroxylation sites is 1. The minimum atomic E-state index is -0.455. The zero-order valence-corrected chi connectivity index (χ0v) is 16.8. The van der Waals surface area contributed by atoms with Gasteiger partial charge in [0, 0.05) is 24.1 Å². The van der Waals surface area contributed by atoms with Gasteiger partial charge >= 0.3 is 0 Å². The van der Waals surface area contributed by atoms with Crippen LogP contribution in [0, 0.1) is 5.82 Å². The second-order valence-corrected chi connectivity index (χ2v) is 9.04. The van der Waals surface area contributed by atoms with Gasteiger partial charge in [-0.15, -0.1) is 21.5 Å². The number of nitrogens with zero attached hydrogens (tertiary/aromatic N) is 4. The molecule has 1 fully saturated rings. The number of thioether (sulfide) groups is 1.